The van der Waals surface area contributed by atoms with E-state index in [2.05, 4.69) is 9.97 Å². The number of halogens is 1. The molecule has 0 saturated carbocycles. The predicted octanol–water partition coefficient (Wildman–Crippen LogP) is 2.42. The molecule has 3 heterocycles. The first-order valence-corrected chi connectivity index (χ1v) is 8.42. The summed E-state index contributed by atoms with van der Waals surface area (Å²) in [5.41, 5.74) is 0.982. The minimum Gasteiger partial charge on any atom is -0.483 e. The van der Waals surface area contributed by atoms with Gasteiger partial charge in [-0.3, -0.25) is 9.59 Å². The van der Waals surface area contributed by atoms with E-state index >= 15 is 0 Å². The smallest absolute Gasteiger partial charge is 0.290 e. The number of nitrogens with zero attached hydrogens (tertiary/aromatic N) is 4. The third-order valence-electron chi connectivity index (χ3n) is 4.49. The first kappa shape index (κ1) is 18.5. The van der Waals surface area contributed by atoms with Crippen molar-refractivity contribution in [3.63, 3.8) is 0 Å². The second-order valence-corrected chi connectivity index (χ2v) is 6.36. The Morgan fingerprint density at radius 2 is 2.11 bits per heavy atom. The van der Waals surface area contributed by atoms with Gasteiger partial charge in [0.25, 0.3) is 6.47 Å². The minimum atomic E-state index is -0.338. The highest BCUT2D eigenvalue weighted by Crippen LogP contribution is 2.24. The molecule has 140 valence electrons. The molecule has 1 amide bonds. The van der Waals surface area contributed by atoms with Gasteiger partial charge in [-0.15, -0.1) is 0 Å². The van der Waals surface area contributed by atoms with E-state index in [4.69, 9.17) is 9.90 Å². The molecule has 2 aromatic heterocycles. The summed E-state index contributed by atoms with van der Waals surface area (Å²) < 4.78 is 16.0. The van der Waals surface area contributed by atoms with Crippen molar-refractivity contribution < 1.29 is 19.1 Å². The Balaban J connectivity index is 0.000000659. The summed E-state index contributed by atoms with van der Waals surface area (Å²) in [5, 5.41) is 7.65. The number of imidazole rings is 1. The lowest BCUT2D eigenvalue weighted by molar-refractivity contribution is -0.126. The molecule has 0 spiro atoms. The zero-order chi connectivity index (χ0) is 19.4. The van der Waals surface area contributed by atoms with Crippen molar-refractivity contribution in [1.82, 2.24) is 19.4 Å². The van der Waals surface area contributed by atoms with E-state index in [0.717, 1.165) is 11.9 Å². The zero-order valence-corrected chi connectivity index (χ0v) is 14.7. The van der Waals surface area contributed by atoms with Crippen LogP contribution in [0.2, 0.25) is 0 Å². The van der Waals surface area contributed by atoms with Gasteiger partial charge in [-0.1, -0.05) is 18.2 Å². The fraction of sp³-hybridized carbons (Fsp3) is 0.263. The van der Waals surface area contributed by atoms with Crippen molar-refractivity contribution in [3.05, 3.63) is 48.5 Å². The lowest BCUT2D eigenvalue weighted by atomic mass is 10.1. The molecule has 7 nitrogen and oxygen atoms in total. The number of amides is 1. The summed E-state index contributed by atoms with van der Waals surface area (Å²) in [5.74, 6) is 0.790. The Hall–Kier alpha value is -3.29. The first-order valence-electron chi connectivity index (χ1n) is 8.42. The molecule has 0 bridgehead atoms. The summed E-state index contributed by atoms with van der Waals surface area (Å²) in [6.45, 7) is 1.19. The standard InChI is InChI=1S/C18H17FN4O.CH2O2/c1-22-10-12(9-16(22)24)11-23-8-7-20-18(23)15-6-5-13-3-2-4-14(19)17(13)21-15;2-1-3/h2-8,12H,9-11H2,1H3;1H,(H,2,3). The van der Waals surface area contributed by atoms with Gasteiger partial charge in [0.2, 0.25) is 5.91 Å². The molecule has 4 rings (SSSR count). The van der Waals surface area contributed by atoms with Crippen LogP contribution < -0.4 is 0 Å². The highest BCUT2D eigenvalue weighted by Gasteiger charge is 2.27. The molecule has 1 saturated heterocycles. The minimum absolute atomic E-state index is 0.174. The van der Waals surface area contributed by atoms with E-state index in [9.17, 15) is 9.18 Å². The lowest BCUT2D eigenvalue weighted by Gasteiger charge is -2.13. The van der Waals surface area contributed by atoms with Crippen LogP contribution in [0.25, 0.3) is 22.4 Å². The van der Waals surface area contributed by atoms with Crippen LogP contribution in [0.3, 0.4) is 0 Å². The molecule has 1 N–H and O–H groups in total. The highest BCUT2D eigenvalue weighted by atomic mass is 19.1. The Labute approximate surface area is 155 Å². The molecule has 27 heavy (non-hydrogen) atoms. The summed E-state index contributed by atoms with van der Waals surface area (Å²) in [6.07, 6.45) is 4.14. The Kier molecular flexibility index (Phi) is 5.44. The van der Waals surface area contributed by atoms with Crippen LogP contribution >= 0.6 is 0 Å². The first-order chi connectivity index (χ1) is 13.0. The van der Waals surface area contributed by atoms with Gasteiger partial charge in [0.1, 0.15) is 17.0 Å². The average molecular weight is 370 g/mol. The molecule has 0 radical (unpaired) electrons. The number of hydrogen-bond donors (Lipinski definition) is 1. The maximum Gasteiger partial charge on any atom is 0.290 e. The molecule has 1 aliphatic rings. The number of rotatable bonds is 3. The molecule has 1 fully saturated rings. The fourth-order valence-electron chi connectivity index (χ4n) is 3.28. The van der Waals surface area contributed by atoms with Gasteiger partial charge in [-0.05, 0) is 12.1 Å². The normalized spacial score (nSPS) is 16.3. The maximum atomic E-state index is 14.0. The van der Waals surface area contributed by atoms with Crippen LogP contribution in [0.1, 0.15) is 6.42 Å². The number of fused-ring (bicyclic) bond motifs is 1. The van der Waals surface area contributed by atoms with Gasteiger partial charge in [-0.25, -0.2) is 14.4 Å². The van der Waals surface area contributed by atoms with Crippen molar-refractivity contribution in [2.75, 3.05) is 13.6 Å². The Morgan fingerprint density at radius 3 is 2.81 bits per heavy atom. The van der Waals surface area contributed by atoms with Gasteiger partial charge in [-0.2, -0.15) is 0 Å². The Morgan fingerprint density at radius 1 is 1.33 bits per heavy atom. The number of carbonyl (C=O) groups excluding carboxylic acids is 1. The SMILES string of the molecule is CN1CC(Cn2ccnc2-c2ccc3cccc(F)c3n2)CC1=O.O=CO. The topological polar surface area (TPSA) is 88.3 Å². The Bertz CT molecular complexity index is 972. The number of likely N-dealkylation sites (tertiary alicyclic amines) is 1. The highest BCUT2D eigenvalue weighted by molar-refractivity contribution is 5.81. The second kappa shape index (κ2) is 7.94. The van der Waals surface area contributed by atoms with E-state index in [0.29, 0.717) is 30.0 Å². The lowest BCUT2D eigenvalue weighted by Crippen LogP contribution is -2.20. The van der Waals surface area contributed by atoms with Crippen molar-refractivity contribution in [3.8, 4) is 11.5 Å². The van der Waals surface area contributed by atoms with Gasteiger partial charge < -0.3 is 14.6 Å². The molecule has 3 aromatic rings. The number of aromatic nitrogens is 3. The molecule has 0 aliphatic carbocycles. The summed E-state index contributed by atoms with van der Waals surface area (Å²) in [4.78, 5) is 30.6. The molecular formula is C19H19FN4O3. The van der Waals surface area contributed by atoms with Gasteiger partial charge in [0.05, 0.1) is 0 Å². The van der Waals surface area contributed by atoms with E-state index in [1.165, 1.54) is 6.07 Å². The van der Waals surface area contributed by atoms with Gasteiger partial charge in [0, 0.05) is 50.3 Å². The third kappa shape index (κ3) is 3.94. The van der Waals surface area contributed by atoms with Gasteiger partial charge in [0.15, 0.2) is 5.82 Å². The van der Waals surface area contributed by atoms with Crippen LogP contribution in [-0.4, -0.2) is 50.5 Å². The van der Waals surface area contributed by atoms with Crippen molar-refractivity contribution in [2.24, 2.45) is 5.92 Å². The largest absolute Gasteiger partial charge is 0.483 e. The number of carboxylic acid groups (broad SMARTS) is 1. The van der Waals surface area contributed by atoms with Crippen molar-refractivity contribution >= 4 is 23.3 Å². The maximum absolute atomic E-state index is 14.0. The van der Waals surface area contributed by atoms with Crippen LogP contribution in [-0.2, 0) is 16.1 Å². The summed E-state index contributed by atoms with van der Waals surface area (Å²) >= 11 is 0. The monoisotopic (exact) mass is 370 g/mol. The van der Waals surface area contributed by atoms with Crippen molar-refractivity contribution in [1.29, 1.82) is 0 Å². The summed E-state index contributed by atoms with van der Waals surface area (Å²) in [7, 11) is 1.82. The molecule has 8 heteroatoms. The van der Waals surface area contributed by atoms with Crippen LogP contribution in [0.4, 0.5) is 4.39 Å². The number of hydrogen-bond acceptors (Lipinski definition) is 4. The van der Waals surface area contributed by atoms with Crippen LogP contribution in [0, 0.1) is 11.7 Å². The second-order valence-electron chi connectivity index (χ2n) is 6.36. The van der Waals surface area contributed by atoms with E-state index in [1.54, 1.807) is 17.2 Å². The van der Waals surface area contributed by atoms with E-state index < -0.39 is 0 Å². The molecule has 1 aromatic carbocycles. The molecule has 1 aliphatic heterocycles. The predicted molar refractivity (Wildman–Crippen MR) is 97.4 cm³/mol. The fourth-order valence-corrected chi connectivity index (χ4v) is 3.28. The quantitative estimate of drug-likeness (QED) is 0.716. The number of para-hydroxylation sites is 1. The molecule has 1 unspecified atom stereocenters. The molecular weight excluding hydrogens is 351 g/mol. The van der Waals surface area contributed by atoms with Crippen LogP contribution in [0.15, 0.2) is 42.7 Å². The van der Waals surface area contributed by atoms with E-state index in [1.807, 2.05) is 36.0 Å². The number of carbonyl (C=O) groups is 2. The number of benzene rings is 1. The van der Waals surface area contributed by atoms with E-state index in [-0.39, 0.29) is 24.1 Å². The number of pyridine rings is 1. The average Bonchev–Trinajstić information content (AvgIpc) is 3.22. The third-order valence-corrected chi connectivity index (χ3v) is 4.49. The summed E-state index contributed by atoms with van der Waals surface area (Å²) in [6, 6.07) is 8.62. The van der Waals surface area contributed by atoms with Crippen molar-refractivity contribution in [2.45, 2.75) is 13.0 Å². The molecule has 1 atom stereocenters. The van der Waals surface area contributed by atoms with Gasteiger partial charge >= 0.3 is 0 Å². The zero-order valence-electron chi connectivity index (χ0n) is 14.7. The van der Waals surface area contributed by atoms with Crippen LogP contribution in [0.5, 0.6) is 0 Å².